The lowest BCUT2D eigenvalue weighted by molar-refractivity contribution is -0.149. The van der Waals surface area contributed by atoms with Gasteiger partial charge >= 0.3 is 12.1 Å². The molecule has 9 nitrogen and oxygen atoms in total. The van der Waals surface area contributed by atoms with Gasteiger partial charge in [0.2, 0.25) is 5.91 Å². The van der Waals surface area contributed by atoms with E-state index in [1.807, 2.05) is 48.5 Å². The summed E-state index contributed by atoms with van der Waals surface area (Å²) in [7, 11) is 2.87. The van der Waals surface area contributed by atoms with Crippen LogP contribution < -0.4 is 5.32 Å². The standard InChI is InChI=1S/C25H28N2O7/c1-32-14-21(23(28)27-12-15(33-2)11-22(27)24(29)30)26-25(31)34-13-20-18-9-5-3-7-16(18)17-8-4-6-10-19(17)20/h3-10,15,20-22H,11-14H2,1-2H3,(H,26,31)(H,29,30). The molecule has 9 heteroatoms. The first-order chi connectivity index (χ1) is 16.4. The van der Waals surface area contributed by atoms with E-state index in [1.165, 1.54) is 19.1 Å². The minimum absolute atomic E-state index is 0.0982. The first kappa shape index (κ1) is 23.7. The average molecular weight is 469 g/mol. The molecule has 1 aliphatic carbocycles. The third-order valence-electron chi connectivity index (χ3n) is 6.43. The Morgan fingerprint density at radius 2 is 1.68 bits per heavy atom. The number of hydrogen-bond donors (Lipinski definition) is 2. The number of carbonyl (C=O) groups is 3. The van der Waals surface area contributed by atoms with Gasteiger partial charge in [-0.25, -0.2) is 9.59 Å². The van der Waals surface area contributed by atoms with E-state index >= 15 is 0 Å². The van der Waals surface area contributed by atoms with Crippen molar-refractivity contribution in [1.29, 1.82) is 0 Å². The fraction of sp³-hybridized carbons (Fsp3) is 0.400. The van der Waals surface area contributed by atoms with Crippen LogP contribution in [-0.2, 0) is 23.8 Å². The third kappa shape index (κ3) is 4.62. The molecule has 2 aliphatic rings. The fourth-order valence-corrected chi connectivity index (χ4v) is 4.77. The van der Waals surface area contributed by atoms with Gasteiger partial charge < -0.3 is 29.5 Å². The zero-order chi connectivity index (χ0) is 24.2. The first-order valence-electron chi connectivity index (χ1n) is 11.1. The van der Waals surface area contributed by atoms with Crippen molar-refractivity contribution in [2.24, 2.45) is 0 Å². The van der Waals surface area contributed by atoms with Gasteiger partial charge in [-0.2, -0.15) is 0 Å². The van der Waals surface area contributed by atoms with Crippen LogP contribution in [0.1, 0.15) is 23.5 Å². The molecule has 2 aromatic rings. The number of nitrogens with one attached hydrogen (secondary N) is 1. The summed E-state index contributed by atoms with van der Waals surface area (Å²) < 4.78 is 15.9. The van der Waals surface area contributed by atoms with Crippen LogP contribution in [-0.4, -0.2) is 80.1 Å². The maximum absolute atomic E-state index is 13.1. The molecule has 0 spiro atoms. The Labute approximate surface area is 197 Å². The highest BCUT2D eigenvalue weighted by Crippen LogP contribution is 2.44. The van der Waals surface area contributed by atoms with Crippen molar-refractivity contribution < 1.29 is 33.7 Å². The number of alkyl carbamates (subject to hydrolysis) is 1. The molecule has 34 heavy (non-hydrogen) atoms. The van der Waals surface area contributed by atoms with Crippen molar-refractivity contribution in [3.8, 4) is 11.1 Å². The lowest BCUT2D eigenvalue weighted by Gasteiger charge is -2.26. The summed E-state index contributed by atoms with van der Waals surface area (Å²) in [5, 5.41) is 12.1. The molecular weight excluding hydrogens is 440 g/mol. The van der Waals surface area contributed by atoms with Gasteiger partial charge in [0.05, 0.1) is 12.7 Å². The predicted octanol–water partition coefficient (Wildman–Crippen LogP) is 2.24. The van der Waals surface area contributed by atoms with Gasteiger partial charge in [0.1, 0.15) is 18.7 Å². The summed E-state index contributed by atoms with van der Waals surface area (Å²) in [6, 6.07) is 13.9. The second-order valence-corrected chi connectivity index (χ2v) is 8.42. The summed E-state index contributed by atoms with van der Waals surface area (Å²) in [6.45, 7) is 0.101. The number of benzene rings is 2. The molecule has 1 heterocycles. The number of ether oxygens (including phenoxy) is 3. The number of nitrogens with zero attached hydrogens (tertiary/aromatic N) is 1. The Morgan fingerprint density at radius 1 is 1.06 bits per heavy atom. The van der Waals surface area contributed by atoms with E-state index in [2.05, 4.69) is 5.32 Å². The van der Waals surface area contributed by atoms with E-state index in [0.717, 1.165) is 22.3 Å². The van der Waals surface area contributed by atoms with Crippen LogP contribution in [0, 0.1) is 0 Å². The van der Waals surface area contributed by atoms with Crippen LogP contribution in [0.2, 0.25) is 0 Å². The number of hydrogen-bond acceptors (Lipinski definition) is 6. The monoisotopic (exact) mass is 468 g/mol. The van der Waals surface area contributed by atoms with Crippen molar-refractivity contribution >= 4 is 18.0 Å². The number of amides is 2. The van der Waals surface area contributed by atoms with Gasteiger partial charge in [-0.3, -0.25) is 4.79 Å². The molecule has 0 aromatic heterocycles. The molecule has 0 bridgehead atoms. The number of methoxy groups -OCH3 is 2. The summed E-state index contributed by atoms with van der Waals surface area (Å²) in [5.74, 6) is -1.79. The largest absolute Gasteiger partial charge is 0.480 e. The summed E-state index contributed by atoms with van der Waals surface area (Å²) in [6.07, 6.45) is -0.975. The number of carboxylic acid groups (broad SMARTS) is 1. The van der Waals surface area contributed by atoms with E-state index in [-0.39, 0.29) is 38.2 Å². The van der Waals surface area contributed by atoms with Crippen molar-refractivity contribution in [3.63, 3.8) is 0 Å². The number of fused-ring (bicyclic) bond motifs is 3. The molecular formula is C25H28N2O7. The molecule has 4 rings (SSSR count). The van der Waals surface area contributed by atoms with Crippen molar-refractivity contribution in [1.82, 2.24) is 10.2 Å². The Morgan fingerprint density at radius 3 is 2.24 bits per heavy atom. The van der Waals surface area contributed by atoms with E-state index in [9.17, 15) is 19.5 Å². The smallest absolute Gasteiger partial charge is 0.407 e. The summed E-state index contributed by atoms with van der Waals surface area (Å²) >= 11 is 0. The molecule has 2 aromatic carbocycles. The Hall–Kier alpha value is -3.43. The molecule has 0 radical (unpaired) electrons. The van der Waals surface area contributed by atoms with Gasteiger partial charge in [-0.15, -0.1) is 0 Å². The van der Waals surface area contributed by atoms with Gasteiger partial charge in [0.25, 0.3) is 0 Å². The molecule has 0 saturated carbocycles. The normalized spacial score (nSPS) is 19.9. The maximum atomic E-state index is 13.1. The van der Waals surface area contributed by atoms with Crippen molar-refractivity contribution in [3.05, 3.63) is 59.7 Å². The number of likely N-dealkylation sites (tertiary alicyclic amines) is 1. The van der Waals surface area contributed by atoms with Crippen LogP contribution in [0.4, 0.5) is 4.79 Å². The molecule has 1 aliphatic heterocycles. The number of carbonyl (C=O) groups excluding carboxylic acids is 2. The van der Waals surface area contributed by atoms with Gasteiger partial charge in [-0.1, -0.05) is 48.5 Å². The van der Waals surface area contributed by atoms with E-state index in [4.69, 9.17) is 14.2 Å². The van der Waals surface area contributed by atoms with Crippen molar-refractivity contribution in [2.45, 2.75) is 30.5 Å². The number of carboxylic acids is 1. The highest BCUT2D eigenvalue weighted by Gasteiger charge is 2.42. The number of rotatable bonds is 8. The zero-order valence-corrected chi connectivity index (χ0v) is 19.1. The van der Waals surface area contributed by atoms with Gasteiger partial charge in [0, 0.05) is 33.1 Å². The fourth-order valence-electron chi connectivity index (χ4n) is 4.77. The van der Waals surface area contributed by atoms with Crippen molar-refractivity contribution in [2.75, 3.05) is 34.0 Å². The highest BCUT2D eigenvalue weighted by atomic mass is 16.5. The maximum Gasteiger partial charge on any atom is 0.407 e. The lowest BCUT2D eigenvalue weighted by atomic mass is 9.98. The summed E-state index contributed by atoms with van der Waals surface area (Å²) in [4.78, 5) is 38.6. The van der Waals surface area contributed by atoms with E-state index in [0.29, 0.717) is 0 Å². The van der Waals surface area contributed by atoms with E-state index in [1.54, 1.807) is 0 Å². The van der Waals surface area contributed by atoms with Gasteiger partial charge in [-0.05, 0) is 22.3 Å². The second kappa shape index (κ2) is 10.2. The topological polar surface area (TPSA) is 114 Å². The van der Waals surface area contributed by atoms with Crippen LogP contribution in [0.5, 0.6) is 0 Å². The minimum atomic E-state index is -1.12. The lowest BCUT2D eigenvalue weighted by Crippen LogP contribution is -2.53. The van der Waals surface area contributed by atoms with Crippen LogP contribution in [0.3, 0.4) is 0 Å². The second-order valence-electron chi connectivity index (χ2n) is 8.42. The number of aliphatic carboxylic acids is 1. The molecule has 3 unspecified atom stereocenters. The molecule has 3 atom stereocenters. The molecule has 1 saturated heterocycles. The zero-order valence-electron chi connectivity index (χ0n) is 19.1. The minimum Gasteiger partial charge on any atom is -0.480 e. The highest BCUT2D eigenvalue weighted by molar-refractivity contribution is 5.90. The Kier molecular flexibility index (Phi) is 7.14. The van der Waals surface area contributed by atoms with Gasteiger partial charge in [0.15, 0.2) is 0 Å². The van der Waals surface area contributed by atoms with Crippen LogP contribution in [0.15, 0.2) is 48.5 Å². The SMILES string of the molecule is COCC(NC(=O)OCC1c2ccccc2-c2ccccc21)C(=O)N1CC(OC)CC1C(=O)O. The Balaban J connectivity index is 1.43. The molecule has 2 N–H and O–H groups in total. The summed E-state index contributed by atoms with van der Waals surface area (Å²) in [5.41, 5.74) is 4.38. The van der Waals surface area contributed by atoms with Crippen LogP contribution in [0.25, 0.3) is 11.1 Å². The first-order valence-corrected chi connectivity index (χ1v) is 11.1. The third-order valence-corrected chi connectivity index (χ3v) is 6.43. The average Bonchev–Trinajstić information content (AvgIpc) is 3.42. The van der Waals surface area contributed by atoms with E-state index < -0.39 is 30.1 Å². The predicted molar refractivity (Wildman–Crippen MR) is 122 cm³/mol. The van der Waals surface area contributed by atoms with Crippen LogP contribution >= 0.6 is 0 Å². The Bertz CT molecular complexity index is 1030. The molecule has 2 amide bonds. The quantitative estimate of drug-likeness (QED) is 0.611. The molecule has 1 fully saturated rings. The molecule has 180 valence electrons.